The molecular weight excluding hydrogens is 372 g/mol. The van der Waals surface area contributed by atoms with E-state index in [9.17, 15) is 14.7 Å². The third-order valence-corrected chi connectivity index (χ3v) is 4.39. The van der Waals surface area contributed by atoms with Crippen molar-refractivity contribution in [2.75, 3.05) is 13.7 Å². The molecule has 0 aliphatic heterocycles. The van der Waals surface area contributed by atoms with Gasteiger partial charge in [-0.3, -0.25) is 9.59 Å². The van der Waals surface area contributed by atoms with Crippen molar-refractivity contribution < 1.29 is 19.4 Å². The number of para-hydroxylation sites is 2. The van der Waals surface area contributed by atoms with E-state index >= 15 is 0 Å². The number of carbonyl (C=O) groups is 2. The van der Waals surface area contributed by atoms with Crippen molar-refractivity contribution in [2.24, 2.45) is 10.2 Å². The molecule has 150 valence electrons. The number of methoxy groups -OCH3 is 1. The molecule has 0 saturated carbocycles. The molecule has 1 heterocycles. The molecule has 0 aliphatic rings. The number of benzene rings is 2. The van der Waals surface area contributed by atoms with E-state index in [0.29, 0.717) is 16.7 Å². The molecule has 2 N–H and O–H groups in total. The van der Waals surface area contributed by atoms with Crippen LogP contribution in [0.2, 0.25) is 0 Å². The molecule has 8 heteroatoms. The number of fused-ring (bicyclic) bond motifs is 1. The quantitative estimate of drug-likeness (QED) is 0.617. The Morgan fingerprint density at radius 3 is 2.55 bits per heavy atom. The van der Waals surface area contributed by atoms with Crippen molar-refractivity contribution in [3.63, 3.8) is 0 Å². The molecule has 8 nitrogen and oxygen atoms in total. The number of nitrogens with one attached hydrogen (secondary N) is 1. The lowest BCUT2D eigenvalue weighted by atomic mass is 10.2. The van der Waals surface area contributed by atoms with E-state index < -0.39 is 11.8 Å². The summed E-state index contributed by atoms with van der Waals surface area (Å²) in [7, 11) is 1.46. The van der Waals surface area contributed by atoms with Crippen molar-refractivity contribution in [3.8, 4) is 11.6 Å². The Labute approximate surface area is 167 Å². The molecule has 0 saturated heterocycles. The highest BCUT2D eigenvalue weighted by molar-refractivity contribution is 5.99. The number of amides is 2. The summed E-state index contributed by atoms with van der Waals surface area (Å²) in [4.78, 5) is 24.4. The van der Waals surface area contributed by atoms with Gasteiger partial charge in [-0.1, -0.05) is 30.3 Å². The van der Waals surface area contributed by atoms with Gasteiger partial charge in [-0.15, -0.1) is 10.2 Å². The average molecular weight is 394 g/mol. The van der Waals surface area contributed by atoms with Crippen molar-refractivity contribution in [2.45, 2.75) is 19.9 Å². The number of azo groups is 1. The van der Waals surface area contributed by atoms with Gasteiger partial charge in [-0.2, -0.15) is 0 Å². The van der Waals surface area contributed by atoms with Crippen LogP contribution in [-0.4, -0.2) is 35.1 Å². The molecular formula is C21H22N4O4. The number of hydrogen-bond acceptors (Lipinski definition) is 5. The van der Waals surface area contributed by atoms with E-state index in [1.165, 1.54) is 7.11 Å². The van der Waals surface area contributed by atoms with E-state index in [0.717, 1.165) is 5.52 Å². The fourth-order valence-electron chi connectivity index (χ4n) is 3.08. The minimum atomic E-state index is -0.644. The average Bonchev–Trinajstić information content (AvgIpc) is 3.01. The molecule has 2 aromatic carbocycles. The van der Waals surface area contributed by atoms with Crippen LogP contribution in [0.3, 0.4) is 0 Å². The third-order valence-electron chi connectivity index (χ3n) is 4.39. The minimum absolute atomic E-state index is 0.000285. The first-order chi connectivity index (χ1) is 13.9. The Morgan fingerprint density at radius 2 is 1.83 bits per heavy atom. The van der Waals surface area contributed by atoms with E-state index in [2.05, 4.69) is 15.5 Å². The van der Waals surface area contributed by atoms with E-state index in [1.54, 1.807) is 34.9 Å². The molecule has 29 heavy (non-hydrogen) atoms. The van der Waals surface area contributed by atoms with Crippen molar-refractivity contribution in [3.05, 3.63) is 54.1 Å². The summed E-state index contributed by atoms with van der Waals surface area (Å²) in [5.74, 6) is -0.749. The van der Waals surface area contributed by atoms with Gasteiger partial charge in [0.2, 0.25) is 5.88 Å². The first-order valence-electron chi connectivity index (χ1n) is 9.11. The Hall–Kier alpha value is -3.68. The van der Waals surface area contributed by atoms with Gasteiger partial charge in [0.25, 0.3) is 11.8 Å². The second kappa shape index (κ2) is 8.55. The summed E-state index contributed by atoms with van der Waals surface area (Å²) in [5.41, 5.74) is 1.34. The highest BCUT2D eigenvalue weighted by Gasteiger charge is 2.18. The maximum Gasteiger partial charge on any atom is 0.283 e. The summed E-state index contributed by atoms with van der Waals surface area (Å²) in [5, 5.41) is 21.3. The molecule has 1 aromatic heterocycles. The van der Waals surface area contributed by atoms with Gasteiger partial charge in [0, 0.05) is 11.4 Å². The van der Waals surface area contributed by atoms with Crippen LogP contribution in [0.5, 0.6) is 11.6 Å². The molecule has 3 aromatic rings. The number of rotatable bonds is 6. The fourth-order valence-corrected chi connectivity index (χ4v) is 3.08. The van der Waals surface area contributed by atoms with Crippen LogP contribution in [0, 0.1) is 0 Å². The molecule has 0 fully saturated rings. The highest BCUT2D eigenvalue weighted by Crippen LogP contribution is 2.40. The maximum absolute atomic E-state index is 12.3. The smallest absolute Gasteiger partial charge is 0.283 e. The van der Waals surface area contributed by atoms with Crippen molar-refractivity contribution in [1.82, 2.24) is 9.88 Å². The summed E-state index contributed by atoms with van der Waals surface area (Å²) in [6.45, 7) is 3.54. The summed E-state index contributed by atoms with van der Waals surface area (Å²) >= 11 is 0. The summed E-state index contributed by atoms with van der Waals surface area (Å²) in [6, 6.07) is 14.0. The van der Waals surface area contributed by atoms with Crippen LogP contribution < -0.4 is 10.1 Å². The predicted octanol–water partition coefficient (Wildman–Crippen LogP) is 3.98. The maximum atomic E-state index is 12.3. The van der Waals surface area contributed by atoms with Crippen LogP contribution in [0.15, 0.2) is 58.8 Å². The zero-order valence-electron chi connectivity index (χ0n) is 16.4. The number of nitrogens with zero attached hydrogens (tertiary/aromatic N) is 3. The molecule has 0 aliphatic carbocycles. The lowest BCUT2D eigenvalue weighted by Gasteiger charge is -2.10. The van der Waals surface area contributed by atoms with Gasteiger partial charge in [0.1, 0.15) is 12.3 Å². The number of carbonyl (C=O) groups excluding carboxylic acids is 2. The van der Waals surface area contributed by atoms with Crippen molar-refractivity contribution in [1.29, 1.82) is 0 Å². The SMILES string of the molecule is COc1ccccc1C(=O)NCC(=O)N=Nc1c(O)n(C(C)C)c2ccccc12. The van der Waals surface area contributed by atoms with E-state index in [1.807, 2.05) is 32.0 Å². The minimum Gasteiger partial charge on any atom is -0.496 e. The highest BCUT2D eigenvalue weighted by atomic mass is 16.5. The van der Waals surface area contributed by atoms with Gasteiger partial charge >= 0.3 is 0 Å². The third kappa shape index (κ3) is 4.11. The number of aromatic nitrogens is 1. The van der Waals surface area contributed by atoms with Crippen LogP contribution in [-0.2, 0) is 4.79 Å². The molecule has 0 unspecified atom stereocenters. The molecule has 0 spiro atoms. The van der Waals surface area contributed by atoms with Gasteiger partial charge in [0.15, 0.2) is 5.69 Å². The lowest BCUT2D eigenvalue weighted by Crippen LogP contribution is -2.28. The zero-order chi connectivity index (χ0) is 21.0. The van der Waals surface area contributed by atoms with Crippen LogP contribution in [0.1, 0.15) is 30.2 Å². The standard InChI is InChI=1S/C21H22N4O4/c1-13(2)25-16-10-6-4-8-14(16)19(21(25)28)24-23-18(26)12-22-20(27)15-9-5-7-11-17(15)29-3/h4-11,13,28H,12H2,1-3H3,(H,22,27). The number of aromatic hydroxyl groups is 1. The Balaban J connectivity index is 1.75. The lowest BCUT2D eigenvalue weighted by molar-refractivity contribution is -0.117. The van der Waals surface area contributed by atoms with Gasteiger partial charge < -0.3 is 19.7 Å². The second-order valence-corrected chi connectivity index (χ2v) is 6.63. The number of hydrogen-bond donors (Lipinski definition) is 2. The van der Waals surface area contributed by atoms with Crippen LogP contribution in [0.25, 0.3) is 10.9 Å². The first-order valence-corrected chi connectivity index (χ1v) is 9.11. The molecule has 0 radical (unpaired) electrons. The van der Waals surface area contributed by atoms with Crippen LogP contribution >= 0.6 is 0 Å². The van der Waals surface area contributed by atoms with Crippen molar-refractivity contribution >= 4 is 28.4 Å². The molecule has 2 amide bonds. The molecule has 0 bridgehead atoms. The Kier molecular flexibility index (Phi) is 5.92. The van der Waals surface area contributed by atoms with Crippen LogP contribution in [0.4, 0.5) is 5.69 Å². The van der Waals surface area contributed by atoms with Gasteiger partial charge in [-0.25, -0.2) is 0 Å². The second-order valence-electron chi connectivity index (χ2n) is 6.63. The Bertz CT molecular complexity index is 1090. The predicted molar refractivity (Wildman–Crippen MR) is 109 cm³/mol. The zero-order valence-corrected chi connectivity index (χ0v) is 16.4. The van der Waals surface area contributed by atoms with Gasteiger partial charge in [0.05, 0.1) is 18.2 Å². The Morgan fingerprint density at radius 1 is 1.14 bits per heavy atom. The topological polar surface area (TPSA) is 105 Å². The molecule has 0 atom stereocenters. The number of ether oxygens (including phenoxy) is 1. The fraction of sp³-hybridized carbons (Fsp3) is 0.238. The van der Waals surface area contributed by atoms with E-state index in [4.69, 9.17) is 4.74 Å². The summed E-state index contributed by atoms with van der Waals surface area (Å²) < 4.78 is 6.86. The van der Waals surface area contributed by atoms with E-state index in [-0.39, 0.29) is 24.2 Å². The largest absolute Gasteiger partial charge is 0.496 e. The summed E-state index contributed by atoms with van der Waals surface area (Å²) in [6.07, 6.45) is 0. The normalized spacial score (nSPS) is 11.3. The van der Waals surface area contributed by atoms with Gasteiger partial charge in [-0.05, 0) is 32.0 Å². The molecule has 3 rings (SSSR count). The monoisotopic (exact) mass is 394 g/mol. The first kappa shape index (κ1) is 20.1.